The number of hydrogen-bond donors (Lipinski definition) is 1. The molecule has 0 spiro atoms. The van der Waals surface area contributed by atoms with E-state index in [1.807, 2.05) is 0 Å². The molecule has 0 saturated carbocycles. The van der Waals surface area contributed by atoms with Gasteiger partial charge < -0.3 is 9.88 Å². The summed E-state index contributed by atoms with van der Waals surface area (Å²) in [5, 5.41) is 0. The average Bonchev–Trinajstić information content (AvgIpc) is 3.04. The molecule has 1 heterocycles. The van der Waals surface area contributed by atoms with Crippen LogP contribution in [0.5, 0.6) is 0 Å². The fraction of sp³-hybridized carbons (Fsp3) is 0.529. The van der Waals surface area contributed by atoms with Gasteiger partial charge in [0.2, 0.25) is 0 Å². The predicted octanol–water partition coefficient (Wildman–Crippen LogP) is 3.49. The van der Waals surface area contributed by atoms with E-state index in [-0.39, 0.29) is 0 Å². The van der Waals surface area contributed by atoms with Crippen LogP contribution in [0.25, 0.3) is 5.70 Å². The second kappa shape index (κ2) is 5.04. The molecule has 0 amide bonds. The predicted molar refractivity (Wildman–Crippen MR) is 89.2 cm³/mol. The van der Waals surface area contributed by atoms with Gasteiger partial charge in [0.15, 0.2) is 0 Å². The Hall–Kier alpha value is -1.06. The largest absolute Gasteiger partial charge is 0.371 e. The Balaban J connectivity index is 2.06. The molecule has 0 aromatic heterocycles. The van der Waals surface area contributed by atoms with E-state index in [2.05, 4.69) is 61.2 Å². The third kappa shape index (κ3) is 2.23. The van der Waals surface area contributed by atoms with Gasteiger partial charge in [0, 0.05) is 29.9 Å². The van der Waals surface area contributed by atoms with Crippen molar-refractivity contribution in [3.8, 4) is 0 Å². The Morgan fingerprint density at radius 3 is 2.55 bits per heavy atom. The van der Waals surface area contributed by atoms with Crippen LogP contribution in [-0.2, 0) is 0 Å². The zero-order valence-electron chi connectivity index (χ0n) is 13.2. The van der Waals surface area contributed by atoms with E-state index in [0.717, 1.165) is 0 Å². The molecule has 1 N–H and O–H groups in total. The SMILES string of the molecule is CN[Si](C)(C)C1C=C(N2CCCC2)c2cc(C)ccc21. The summed E-state index contributed by atoms with van der Waals surface area (Å²) >= 11 is 0. The summed E-state index contributed by atoms with van der Waals surface area (Å²) < 4.78 is 0. The van der Waals surface area contributed by atoms with E-state index in [0.29, 0.717) is 5.54 Å². The number of likely N-dealkylation sites (tertiary alicyclic amines) is 1. The van der Waals surface area contributed by atoms with Gasteiger partial charge in [-0.1, -0.05) is 36.9 Å². The standard InChI is InChI=1S/C17H26N2Si/c1-13-7-8-14-15(11-13)16(19-9-5-6-10-19)12-17(14)20(3,4)18-2/h7-8,11-12,17-18H,5-6,9-10H2,1-4H3. The van der Waals surface area contributed by atoms with Crippen molar-refractivity contribution in [3.63, 3.8) is 0 Å². The number of hydrogen-bond acceptors (Lipinski definition) is 2. The molecule has 3 heteroatoms. The summed E-state index contributed by atoms with van der Waals surface area (Å²) in [6.07, 6.45) is 5.24. The number of rotatable bonds is 3. The second-order valence-electron chi connectivity index (χ2n) is 6.79. The summed E-state index contributed by atoms with van der Waals surface area (Å²) in [7, 11) is 0.668. The fourth-order valence-electron chi connectivity index (χ4n) is 3.49. The van der Waals surface area contributed by atoms with Gasteiger partial charge in [-0.15, -0.1) is 0 Å². The molecular weight excluding hydrogens is 260 g/mol. The molecular formula is C17H26N2Si. The van der Waals surface area contributed by atoms with Crippen molar-refractivity contribution < 1.29 is 0 Å². The Morgan fingerprint density at radius 1 is 1.20 bits per heavy atom. The molecule has 1 aromatic carbocycles. The van der Waals surface area contributed by atoms with Crippen LogP contribution in [0.3, 0.4) is 0 Å². The molecule has 1 aliphatic carbocycles. The van der Waals surface area contributed by atoms with Crippen LogP contribution < -0.4 is 4.98 Å². The summed E-state index contributed by atoms with van der Waals surface area (Å²) in [6, 6.07) is 7.02. The Bertz CT molecular complexity index is 542. The maximum atomic E-state index is 3.63. The van der Waals surface area contributed by atoms with Crippen molar-refractivity contribution in [1.82, 2.24) is 9.88 Å². The highest BCUT2D eigenvalue weighted by atomic mass is 28.3. The number of nitrogens with one attached hydrogen (secondary N) is 1. The topological polar surface area (TPSA) is 15.3 Å². The van der Waals surface area contributed by atoms with E-state index in [1.54, 1.807) is 5.56 Å². The summed E-state index contributed by atoms with van der Waals surface area (Å²) in [5.74, 6) is 0. The highest BCUT2D eigenvalue weighted by Crippen LogP contribution is 2.42. The van der Waals surface area contributed by atoms with Crippen LogP contribution in [0, 0.1) is 6.92 Å². The first-order valence-electron chi connectivity index (χ1n) is 7.79. The molecule has 0 bridgehead atoms. The maximum absolute atomic E-state index is 3.63. The molecule has 0 radical (unpaired) electrons. The van der Waals surface area contributed by atoms with Crippen molar-refractivity contribution in [2.24, 2.45) is 0 Å². The van der Waals surface area contributed by atoms with Crippen LogP contribution in [0.1, 0.15) is 35.1 Å². The van der Waals surface area contributed by atoms with Crippen LogP contribution in [0.15, 0.2) is 24.3 Å². The van der Waals surface area contributed by atoms with Crippen LogP contribution >= 0.6 is 0 Å². The quantitative estimate of drug-likeness (QED) is 0.856. The van der Waals surface area contributed by atoms with Gasteiger partial charge in [-0.05, 0) is 38.4 Å². The molecule has 1 atom stereocenters. The summed E-state index contributed by atoms with van der Waals surface area (Å²) in [4.78, 5) is 6.22. The van der Waals surface area contributed by atoms with Crippen molar-refractivity contribution >= 4 is 13.9 Å². The van der Waals surface area contributed by atoms with E-state index in [1.165, 1.54) is 42.8 Å². The van der Waals surface area contributed by atoms with Crippen LogP contribution in [0.2, 0.25) is 13.1 Å². The van der Waals surface area contributed by atoms with E-state index < -0.39 is 8.24 Å². The average molecular weight is 286 g/mol. The number of allylic oxidation sites excluding steroid dienone is 1. The lowest BCUT2D eigenvalue weighted by Crippen LogP contribution is -2.47. The summed E-state index contributed by atoms with van der Waals surface area (Å²) in [5.41, 5.74) is 6.51. The van der Waals surface area contributed by atoms with Crippen LogP contribution in [-0.4, -0.2) is 33.3 Å². The smallest absolute Gasteiger partial charge is 0.130 e. The molecule has 1 aromatic rings. The third-order valence-corrected chi connectivity index (χ3v) is 8.33. The van der Waals surface area contributed by atoms with Gasteiger partial charge in [0.25, 0.3) is 0 Å². The minimum atomic E-state index is -1.46. The summed E-state index contributed by atoms with van der Waals surface area (Å²) in [6.45, 7) is 9.53. The molecule has 1 fully saturated rings. The van der Waals surface area contributed by atoms with Gasteiger partial charge in [-0.2, -0.15) is 0 Å². The van der Waals surface area contributed by atoms with Crippen molar-refractivity contribution in [2.75, 3.05) is 20.1 Å². The first kappa shape index (κ1) is 13.9. The Morgan fingerprint density at radius 2 is 1.90 bits per heavy atom. The van der Waals surface area contributed by atoms with Crippen molar-refractivity contribution in [1.29, 1.82) is 0 Å². The van der Waals surface area contributed by atoms with Gasteiger partial charge in [0.05, 0.1) is 0 Å². The molecule has 1 aliphatic heterocycles. The fourth-order valence-corrected chi connectivity index (χ4v) is 5.40. The first-order valence-corrected chi connectivity index (χ1v) is 10.9. The van der Waals surface area contributed by atoms with Crippen molar-refractivity contribution in [2.45, 2.75) is 38.4 Å². The third-order valence-electron chi connectivity index (χ3n) is 5.01. The molecule has 2 aliphatic rings. The van der Waals surface area contributed by atoms with E-state index in [9.17, 15) is 0 Å². The molecule has 3 rings (SSSR count). The first-order chi connectivity index (χ1) is 9.53. The van der Waals surface area contributed by atoms with Gasteiger partial charge >= 0.3 is 0 Å². The lowest BCUT2D eigenvalue weighted by atomic mass is 10.1. The Kier molecular flexibility index (Phi) is 3.51. The minimum Gasteiger partial charge on any atom is -0.371 e. The minimum absolute atomic E-state index is 0.596. The van der Waals surface area contributed by atoms with Crippen LogP contribution in [0.4, 0.5) is 0 Å². The number of aryl methyl sites for hydroxylation is 1. The molecule has 1 saturated heterocycles. The molecule has 20 heavy (non-hydrogen) atoms. The van der Waals surface area contributed by atoms with Crippen molar-refractivity contribution in [3.05, 3.63) is 41.0 Å². The number of nitrogens with zero attached hydrogens (tertiary/aromatic N) is 1. The normalized spacial score (nSPS) is 22.1. The monoisotopic (exact) mass is 286 g/mol. The number of fused-ring (bicyclic) bond motifs is 1. The molecule has 108 valence electrons. The lowest BCUT2D eigenvalue weighted by molar-refractivity contribution is 0.494. The van der Waals surface area contributed by atoms with E-state index >= 15 is 0 Å². The Labute approximate surface area is 124 Å². The zero-order valence-corrected chi connectivity index (χ0v) is 14.2. The lowest BCUT2D eigenvalue weighted by Gasteiger charge is -2.28. The van der Waals surface area contributed by atoms with Gasteiger partial charge in [-0.3, -0.25) is 0 Å². The zero-order chi connectivity index (χ0) is 14.3. The van der Waals surface area contributed by atoms with Gasteiger partial charge in [0.1, 0.15) is 8.24 Å². The second-order valence-corrected chi connectivity index (χ2v) is 11.4. The highest BCUT2D eigenvalue weighted by molar-refractivity contribution is 6.77. The highest BCUT2D eigenvalue weighted by Gasteiger charge is 2.37. The van der Waals surface area contributed by atoms with E-state index in [4.69, 9.17) is 0 Å². The molecule has 2 nitrogen and oxygen atoms in total. The maximum Gasteiger partial charge on any atom is 0.130 e. The molecule has 1 unspecified atom stereocenters. The van der Waals surface area contributed by atoms with Gasteiger partial charge in [-0.25, -0.2) is 0 Å². The number of benzene rings is 1.